The smallest absolute Gasteiger partial charge is 0.00277 e. The van der Waals surface area contributed by atoms with Gasteiger partial charge in [0, 0.05) is 7.05 Å². The first-order valence-electron chi connectivity index (χ1n) is 3.99. The maximum absolute atomic E-state index is 2.96. The lowest BCUT2D eigenvalue weighted by Crippen LogP contribution is -2.00. The second-order valence-corrected chi connectivity index (χ2v) is 3.88. The molecule has 0 spiro atoms. The van der Waals surface area contributed by atoms with Crippen molar-refractivity contribution in [3.8, 4) is 0 Å². The third-order valence-corrected chi connectivity index (χ3v) is 1.17. The van der Waals surface area contributed by atoms with E-state index in [1.807, 2.05) is 13.2 Å². The molecule has 11 heavy (non-hydrogen) atoms. The molecule has 0 fully saturated rings. The van der Waals surface area contributed by atoms with Crippen LogP contribution in [0.3, 0.4) is 0 Å². The van der Waals surface area contributed by atoms with Gasteiger partial charge in [-0.3, -0.25) is 0 Å². The molecule has 0 aliphatic rings. The Morgan fingerprint density at radius 1 is 1.27 bits per heavy atom. The van der Waals surface area contributed by atoms with E-state index in [9.17, 15) is 0 Å². The highest BCUT2D eigenvalue weighted by Crippen LogP contribution is 2.17. The van der Waals surface area contributed by atoms with Gasteiger partial charge in [-0.2, -0.15) is 0 Å². The molecule has 0 aromatic heterocycles. The van der Waals surface area contributed by atoms with Gasteiger partial charge in [0.1, 0.15) is 0 Å². The SMILES string of the molecule is CN/C=C\C(C)=C\C(C)(C)C. The van der Waals surface area contributed by atoms with Gasteiger partial charge in [-0.1, -0.05) is 32.4 Å². The molecule has 0 aromatic rings. The molecule has 0 bridgehead atoms. The largest absolute Gasteiger partial charge is 0.394 e. The Hall–Kier alpha value is -0.720. The minimum absolute atomic E-state index is 0.280. The van der Waals surface area contributed by atoms with Crippen LogP contribution in [0.25, 0.3) is 0 Å². The van der Waals surface area contributed by atoms with Crippen molar-refractivity contribution in [1.82, 2.24) is 5.32 Å². The second-order valence-electron chi connectivity index (χ2n) is 3.88. The average molecular weight is 153 g/mol. The first kappa shape index (κ1) is 10.3. The third kappa shape index (κ3) is 7.17. The van der Waals surface area contributed by atoms with E-state index in [1.165, 1.54) is 5.57 Å². The molecule has 64 valence electrons. The summed E-state index contributed by atoms with van der Waals surface area (Å²) in [6, 6.07) is 0. The maximum atomic E-state index is 2.96. The van der Waals surface area contributed by atoms with Crippen molar-refractivity contribution in [3.63, 3.8) is 0 Å². The molecule has 0 amide bonds. The van der Waals surface area contributed by atoms with E-state index >= 15 is 0 Å². The molecule has 0 atom stereocenters. The third-order valence-electron chi connectivity index (χ3n) is 1.17. The van der Waals surface area contributed by atoms with Crippen molar-refractivity contribution >= 4 is 0 Å². The summed E-state index contributed by atoms with van der Waals surface area (Å²) in [6.45, 7) is 8.70. The fourth-order valence-electron chi connectivity index (χ4n) is 0.946. The van der Waals surface area contributed by atoms with Crippen LogP contribution in [-0.2, 0) is 0 Å². The van der Waals surface area contributed by atoms with Crippen molar-refractivity contribution < 1.29 is 0 Å². The molecule has 0 aliphatic heterocycles. The second kappa shape index (κ2) is 4.22. The van der Waals surface area contributed by atoms with Gasteiger partial charge in [0.25, 0.3) is 0 Å². The van der Waals surface area contributed by atoms with Gasteiger partial charge in [0.15, 0.2) is 0 Å². The summed E-state index contributed by atoms with van der Waals surface area (Å²) >= 11 is 0. The summed E-state index contributed by atoms with van der Waals surface area (Å²) in [5.41, 5.74) is 1.58. The zero-order chi connectivity index (χ0) is 8.91. The topological polar surface area (TPSA) is 12.0 Å². The Bertz CT molecular complexity index is 158. The van der Waals surface area contributed by atoms with E-state index in [-0.39, 0.29) is 5.41 Å². The molecule has 0 rings (SSSR count). The van der Waals surface area contributed by atoms with Crippen LogP contribution in [0, 0.1) is 5.41 Å². The molecule has 0 saturated heterocycles. The Kier molecular flexibility index (Phi) is 3.94. The molecule has 1 heteroatoms. The molecular weight excluding hydrogens is 134 g/mol. The van der Waals surface area contributed by atoms with Gasteiger partial charge < -0.3 is 5.32 Å². The lowest BCUT2D eigenvalue weighted by atomic mass is 9.94. The lowest BCUT2D eigenvalue weighted by Gasteiger charge is -2.12. The van der Waals surface area contributed by atoms with Crippen LogP contribution in [0.1, 0.15) is 27.7 Å². The van der Waals surface area contributed by atoms with Gasteiger partial charge >= 0.3 is 0 Å². The molecule has 0 aromatic carbocycles. The van der Waals surface area contributed by atoms with E-state index in [1.54, 1.807) is 0 Å². The van der Waals surface area contributed by atoms with Crippen LogP contribution in [0.2, 0.25) is 0 Å². The zero-order valence-electron chi connectivity index (χ0n) is 8.23. The van der Waals surface area contributed by atoms with Crippen molar-refractivity contribution in [2.24, 2.45) is 5.41 Å². The highest BCUT2D eigenvalue weighted by molar-refractivity contribution is 5.17. The minimum Gasteiger partial charge on any atom is -0.394 e. The van der Waals surface area contributed by atoms with Crippen molar-refractivity contribution in [3.05, 3.63) is 23.9 Å². The monoisotopic (exact) mass is 153 g/mol. The van der Waals surface area contributed by atoms with E-state index in [2.05, 4.69) is 45.2 Å². The Morgan fingerprint density at radius 2 is 1.82 bits per heavy atom. The zero-order valence-corrected chi connectivity index (χ0v) is 8.23. The van der Waals surface area contributed by atoms with E-state index in [0.29, 0.717) is 0 Å². The maximum Gasteiger partial charge on any atom is 0.00277 e. The van der Waals surface area contributed by atoms with Gasteiger partial charge in [-0.15, -0.1) is 0 Å². The molecule has 0 radical (unpaired) electrons. The van der Waals surface area contributed by atoms with Gasteiger partial charge in [-0.25, -0.2) is 0 Å². The van der Waals surface area contributed by atoms with E-state index in [4.69, 9.17) is 0 Å². The standard InChI is InChI=1S/C10H19N/c1-9(6-7-11-5)8-10(2,3)4/h6-8,11H,1-5H3/b7-6-,9-8+. The fourth-order valence-corrected chi connectivity index (χ4v) is 0.946. The van der Waals surface area contributed by atoms with Crippen LogP contribution in [0.15, 0.2) is 23.9 Å². The number of rotatable bonds is 2. The number of hydrogen-bond donors (Lipinski definition) is 1. The fraction of sp³-hybridized carbons (Fsp3) is 0.600. The van der Waals surface area contributed by atoms with Gasteiger partial charge in [0.2, 0.25) is 0 Å². The highest BCUT2D eigenvalue weighted by atomic mass is 14.8. The first-order valence-corrected chi connectivity index (χ1v) is 3.99. The molecule has 1 N–H and O–H groups in total. The first-order chi connectivity index (χ1) is 4.95. The normalized spacial score (nSPS) is 14.1. The van der Waals surface area contributed by atoms with Crippen LogP contribution in [-0.4, -0.2) is 7.05 Å². The Morgan fingerprint density at radius 3 is 2.18 bits per heavy atom. The van der Waals surface area contributed by atoms with Crippen LogP contribution in [0.4, 0.5) is 0 Å². The summed E-state index contributed by atoms with van der Waals surface area (Å²) in [4.78, 5) is 0. The summed E-state index contributed by atoms with van der Waals surface area (Å²) in [6.07, 6.45) is 6.27. The summed E-state index contributed by atoms with van der Waals surface area (Å²) in [5, 5.41) is 2.96. The predicted octanol–water partition coefficient (Wildman–Crippen LogP) is 2.71. The van der Waals surface area contributed by atoms with Crippen molar-refractivity contribution in [2.75, 3.05) is 7.05 Å². The number of nitrogens with one attached hydrogen (secondary N) is 1. The summed E-state index contributed by atoms with van der Waals surface area (Å²) in [7, 11) is 1.90. The molecule has 0 saturated carbocycles. The number of allylic oxidation sites excluding steroid dienone is 3. The van der Waals surface area contributed by atoms with E-state index in [0.717, 1.165) is 0 Å². The molecule has 0 unspecified atom stereocenters. The summed E-state index contributed by atoms with van der Waals surface area (Å²) < 4.78 is 0. The average Bonchev–Trinajstić information content (AvgIpc) is 1.79. The quantitative estimate of drug-likeness (QED) is 0.601. The van der Waals surface area contributed by atoms with E-state index < -0.39 is 0 Å². The molecule has 1 nitrogen and oxygen atoms in total. The highest BCUT2D eigenvalue weighted by Gasteiger charge is 2.04. The van der Waals surface area contributed by atoms with Gasteiger partial charge in [0.05, 0.1) is 0 Å². The number of hydrogen-bond acceptors (Lipinski definition) is 1. The Balaban J connectivity index is 4.12. The molecule has 0 heterocycles. The van der Waals surface area contributed by atoms with Crippen LogP contribution < -0.4 is 5.32 Å². The molecular formula is C10H19N. The van der Waals surface area contributed by atoms with Crippen LogP contribution >= 0.6 is 0 Å². The Labute approximate surface area is 70.2 Å². The lowest BCUT2D eigenvalue weighted by molar-refractivity contribution is 0.541. The minimum atomic E-state index is 0.280. The molecule has 0 aliphatic carbocycles. The van der Waals surface area contributed by atoms with Gasteiger partial charge in [-0.05, 0) is 24.6 Å². The van der Waals surface area contributed by atoms with Crippen molar-refractivity contribution in [1.29, 1.82) is 0 Å². The van der Waals surface area contributed by atoms with Crippen molar-refractivity contribution in [2.45, 2.75) is 27.7 Å². The predicted molar refractivity (Wildman–Crippen MR) is 51.4 cm³/mol. The van der Waals surface area contributed by atoms with Crippen LogP contribution in [0.5, 0.6) is 0 Å². The summed E-state index contributed by atoms with van der Waals surface area (Å²) in [5.74, 6) is 0.